The van der Waals surface area contributed by atoms with E-state index < -0.39 is 0 Å². The van der Waals surface area contributed by atoms with Crippen LogP contribution in [0, 0.1) is 22.7 Å². The Morgan fingerprint density at radius 1 is 1.41 bits per heavy atom. The molecular weight excluding hydrogens is 396 g/mol. The van der Waals surface area contributed by atoms with Gasteiger partial charge >= 0.3 is 0 Å². The summed E-state index contributed by atoms with van der Waals surface area (Å²) in [6.45, 7) is 6.81. The van der Waals surface area contributed by atoms with Gasteiger partial charge in [0.2, 0.25) is 0 Å². The number of rotatable bonds is 3. The lowest BCUT2D eigenvalue weighted by atomic mass is 9.72. The number of nitrogens with one attached hydrogen (secondary N) is 1. The summed E-state index contributed by atoms with van der Waals surface area (Å²) < 4.78 is 0. The van der Waals surface area contributed by atoms with Crippen LogP contribution in [-0.2, 0) is 12.8 Å². The predicted molar refractivity (Wildman–Crippen MR) is 115 cm³/mol. The number of nitriles is 1. The van der Waals surface area contributed by atoms with Crippen LogP contribution < -0.4 is 5.32 Å². The zero-order valence-electron chi connectivity index (χ0n) is 16.0. The van der Waals surface area contributed by atoms with E-state index in [1.54, 1.807) is 35.2 Å². The van der Waals surface area contributed by atoms with Crippen LogP contribution in [0.15, 0.2) is 23.1 Å². The smallest absolute Gasteiger partial charge is 0.257 e. The number of thioether (sulfide) groups is 1. The number of amides is 1. The van der Waals surface area contributed by atoms with Gasteiger partial charge in [-0.2, -0.15) is 5.26 Å². The molecule has 3 rings (SSSR count). The van der Waals surface area contributed by atoms with Crippen LogP contribution in [0.25, 0.3) is 0 Å². The lowest BCUT2D eigenvalue weighted by Crippen LogP contribution is -2.26. The lowest BCUT2D eigenvalue weighted by molar-refractivity contribution is 0.102. The van der Waals surface area contributed by atoms with Gasteiger partial charge in [-0.05, 0) is 60.6 Å². The molecule has 1 aliphatic carbocycles. The van der Waals surface area contributed by atoms with E-state index in [0.717, 1.165) is 29.7 Å². The molecule has 0 aliphatic heterocycles. The Balaban J connectivity index is 1.90. The molecule has 1 aromatic heterocycles. The standard InChI is InChI=1S/C21H23ClN2OS2/c1-21(2,3)12-5-7-14-16(11-23)20(27-18(14)9-12)24-19(25)15-10-13(26-4)6-8-17(15)22/h6,8,10,12H,5,7,9H2,1-4H3,(H,24,25)/t12-/m0/s1. The molecule has 1 atom stereocenters. The van der Waals surface area contributed by atoms with Crippen molar-refractivity contribution in [3.63, 3.8) is 0 Å². The lowest BCUT2D eigenvalue weighted by Gasteiger charge is -2.33. The molecule has 0 fully saturated rings. The Kier molecular flexibility index (Phi) is 5.90. The second kappa shape index (κ2) is 7.87. The first kappa shape index (κ1) is 20.3. The number of fused-ring (bicyclic) bond motifs is 1. The van der Waals surface area contributed by atoms with E-state index in [9.17, 15) is 10.1 Å². The first-order valence-corrected chi connectivity index (χ1v) is 11.4. The van der Waals surface area contributed by atoms with Crippen LogP contribution in [0.5, 0.6) is 0 Å². The first-order chi connectivity index (χ1) is 12.7. The van der Waals surface area contributed by atoms with E-state index in [4.69, 9.17) is 11.6 Å². The number of hydrogen-bond acceptors (Lipinski definition) is 4. The average molecular weight is 419 g/mol. The number of carbonyl (C=O) groups is 1. The van der Waals surface area contributed by atoms with Crippen molar-refractivity contribution < 1.29 is 4.79 Å². The fourth-order valence-electron chi connectivity index (χ4n) is 3.51. The van der Waals surface area contributed by atoms with Crippen molar-refractivity contribution in [1.82, 2.24) is 0 Å². The summed E-state index contributed by atoms with van der Waals surface area (Å²) in [5.74, 6) is 0.324. The van der Waals surface area contributed by atoms with Gasteiger partial charge in [0.15, 0.2) is 0 Å². The summed E-state index contributed by atoms with van der Waals surface area (Å²) in [7, 11) is 0. The predicted octanol–water partition coefficient (Wildman–Crippen LogP) is 6.40. The van der Waals surface area contributed by atoms with Gasteiger partial charge in [0.1, 0.15) is 11.1 Å². The molecule has 142 valence electrons. The Hall–Kier alpha value is -1.48. The largest absolute Gasteiger partial charge is 0.312 e. The maximum absolute atomic E-state index is 12.8. The molecule has 0 spiro atoms. The van der Waals surface area contributed by atoms with Gasteiger partial charge in [-0.1, -0.05) is 32.4 Å². The van der Waals surface area contributed by atoms with Crippen molar-refractivity contribution in [1.29, 1.82) is 5.26 Å². The molecule has 1 aliphatic rings. The topological polar surface area (TPSA) is 52.9 Å². The number of halogens is 1. The summed E-state index contributed by atoms with van der Waals surface area (Å²) >= 11 is 9.33. The highest BCUT2D eigenvalue weighted by Gasteiger charge is 2.32. The van der Waals surface area contributed by atoms with Gasteiger partial charge < -0.3 is 5.32 Å². The van der Waals surface area contributed by atoms with Crippen LogP contribution in [0.3, 0.4) is 0 Å². The monoisotopic (exact) mass is 418 g/mol. The van der Waals surface area contributed by atoms with Crippen LogP contribution in [0.1, 0.15) is 53.6 Å². The maximum atomic E-state index is 12.8. The molecule has 1 heterocycles. The van der Waals surface area contributed by atoms with Gasteiger partial charge in [-0.3, -0.25) is 4.79 Å². The Morgan fingerprint density at radius 3 is 2.78 bits per heavy atom. The van der Waals surface area contributed by atoms with Crippen LogP contribution in [-0.4, -0.2) is 12.2 Å². The van der Waals surface area contributed by atoms with Crippen molar-refractivity contribution in [3.05, 3.63) is 44.8 Å². The first-order valence-electron chi connectivity index (χ1n) is 8.94. The second-order valence-corrected chi connectivity index (χ2v) is 10.3. The number of hydrogen-bond donors (Lipinski definition) is 1. The summed E-state index contributed by atoms with van der Waals surface area (Å²) in [6.07, 6.45) is 4.90. The molecule has 6 heteroatoms. The minimum atomic E-state index is -0.265. The van der Waals surface area contributed by atoms with Crippen LogP contribution in [0.4, 0.5) is 5.00 Å². The van der Waals surface area contributed by atoms with Gasteiger partial charge in [-0.25, -0.2) is 0 Å². The normalized spacial score (nSPS) is 16.5. The van der Waals surface area contributed by atoms with E-state index in [1.165, 1.54) is 4.88 Å². The van der Waals surface area contributed by atoms with E-state index >= 15 is 0 Å². The van der Waals surface area contributed by atoms with Crippen LogP contribution >= 0.6 is 34.7 Å². The number of anilines is 1. The van der Waals surface area contributed by atoms with Gasteiger partial charge in [0, 0.05) is 9.77 Å². The fraction of sp³-hybridized carbons (Fsp3) is 0.429. The molecule has 2 aromatic rings. The average Bonchev–Trinajstić information content (AvgIpc) is 2.97. The molecule has 0 bridgehead atoms. The molecule has 0 saturated carbocycles. The molecular formula is C21H23ClN2OS2. The molecule has 0 radical (unpaired) electrons. The SMILES string of the molecule is CSc1ccc(Cl)c(C(=O)Nc2sc3c(c2C#N)CC[C@H](C(C)(C)C)C3)c1. The Bertz CT molecular complexity index is 921. The summed E-state index contributed by atoms with van der Waals surface area (Å²) in [6, 6.07) is 7.73. The van der Waals surface area contributed by atoms with Crippen molar-refractivity contribution in [2.75, 3.05) is 11.6 Å². The Morgan fingerprint density at radius 2 is 2.15 bits per heavy atom. The molecule has 1 amide bonds. The minimum Gasteiger partial charge on any atom is -0.312 e. The molecule has 0 saturated heterocycles. The zero-order valence-corrected chi connectivity index (χ0v) is 18.4. The molecule has 0 unspecified atom stereocenters. The van der Waals surface area contributed by atoms with E-state index in [-0.39, 0.29) is 11.3 Å². The number of nitrogens with zero attached hydrogens (tertiary/aromatic N) is 1. The number of carbonyl (C=O) groups excluding carboxylic acids is 1. The quantitative estimate of drug-likeness (QED) is 0.586. The molecule has 1 N–H and O–H groups in total. The fourth-order valence-corrected chi connectivity index (χ4v) is 5.42. The Labute approximate surface area is 174 Å². The molecule has 1 aromatic carbocycles. The minimum absolute atomic E-state index is 0.240. The number of thiophene rings is 1. The highest BCUT2D eigenvalue weighted by molar-refractivity contribution is 7.98. The summed E-state index contributed by atoms with van der Waals surface area (Å²) in [5.41, 5.74) is 2.41. The summed E-state index contributed by atoms with van der Waals surface area (Å²) in [4.78, 5) is 15.0. The third-order valence-corrected chi connectivity index (χ3v) is 7.47. The van der Waals surface area contributed by atoms with Crippen molar-refractivity contribution in [2.45, 2.75) is 44.9 Å². The maximum Gasteiger partial charge on any atom is 0.257 e. The van der Waals surface area contributed by atoms with Gasteiger partial charge in [-0.15, -0.1) is 23.1 Å². The molecule has 3 nitrogen and oxygen atoms in total. The van der Waals surface area contributed by atoms with Gasteiger partial charge in [0.25, 0.3) is 5.91 Å². The van der Waals surface area contributed by atoms with E-state index in [0.29, 0.717) is 27.1 Å². The van der Waals surface area contributed by atoms with E-state index in [1.807, 2.05) is 12.3 Å². The highest BCUT2D eigenvalue weighted by atomic mass is 35.5. The summed E-state index contributed by atoms with van der Waals surface area (Å²) in [5, 5.41) is 13.7. The van der Waals surface area contributed by atoms with Crippen molar-refractivity contribution in [2.24, 2.45) is 11.3 Å². The number of benzene rings is 1. The van der Waals surface area contributed by atoms with Crippen molar-refractivity contribution >= 4 is 45.6 Å². The zero-order chi connectivity index (χ0) is 19.8. The highest BCUT2D eigenvalue weighted by Crippen LogP contribution is 2.44. The van der Waals surface area contributed by atoms with Gasteiger partial charge in [0.05, 0.1) is 16.1 Å². The van der Waals surface area contributed by atoms with Crippen molar-refractivity contribution in [3.8, 4) is 6.07 Å². The second-order valence-electron chi connectivity index (χ2n) is 7.93. The third-order valence-electron chi connectivity index (χ3n) is 5.25. The molecule has 27 heavy (non-hydrogen) atoms. The van der Waals surface area contributed by atoms with E-state index in [2.05, 4.69) is 32.2 Å². The third kappa shape index (κ3) is 4.18. The van der Waals surface area contributed by atoms with Crippen LogP contribution in [0.2, 0.25) is 5.02 Å².